The molecule has 0 unspecified atom stereocenters. The Morgan fingerprint density at radius 2 is 1.76 bits per heavy atom. The zero-order valence-corrected chi connectivity index (χ0v) is 14.4. The molecule has 8 heteroatoms. The summed E-state index contributed by atoms with van der Waals surface area (Å²) in [6.45, 7) is 2.86. The van der Waals surface area contributed by atoms with Gasteiger partial charge in [0.25, 0.3) is 0 Å². The van der Waals surface area contributed by atoms with Crippen LogP contribution in [0.1, 0.15) is 5.56 Å². The van der Waals surface area contributed by atoms with Crippen LogP contribution in [0, 0.1) is 0 Å². The van der Waals surface area contributed by atoms with E-state index in [0.29, 0.717) is 37.7 Å². The Labute approximate surface area is 135 Å². The van der Waals surface area contributed by atoms with Crippen molar-refractivity contribution >= 4 is 33.2 Å². The van der Waals surface area contributed by atoms with Crippen molar-refractivity contribution in [3.63, 3.8) is 0 Å². The number of hydrogen-bond acceptors (Lipinski definition) is 4. The molecule has 0 amide bonds. The number of benzene rings is 1. The summed E-state index contributed by atoms with van der Waals surface area (Å²) in [6, 6.07) is 3.06. The summed E-state index contributed by atoms with van der Waals surface area (Å²) in [4.78, 5) is 2.23. The molecule has 1 fully saturated rings. The van der Waals surface area contributed by atoms with Gasteiger partial charge in [0.1, 0.15) is 4.90 Å². The summed E-state index contributed by atoms with van der Waals surface area (Å²) in [7, 11) is 0.168. The molecular weight excluding hydrogens is 333 g/mol. The SMILES string of the molecule is CNCc1cc(S(=O)(=O)N2CCN(C)CC2)c(Cl)cc1Cl. The standard InChI is InChI=1S/C13H19Cl2N3O2S/c1-16-9-10-7-13(12(15)8-11(10)14)21(19,20)18-5-3-17(2)4-6-18/h7-8,16H,3-6,9H2,1-2H3. The Morgan fingerprint density at radius 3 is 2.33 bits per heavy atom. The van der Waals surface area contributed by atoms with E-state index in [9.17, 15) is 8.42 Å². The van der Waals surface area contributed by atoms with Gasteiger partial charge in [-0.25, -0.2) is 8.42 Å². The van der Waals surface area contributed by atoms with E-state index in [-0.39, 0.29) is 9.92 Å². The second-order valence-electron chi connectivity index (χ2n) is 5.11. The van der Waals surface area contributed by atoms with Crippen molar-refractivity contribution in [2.24, 2.45) is 0 Å². The Bertz CT molecular complexity index is 614. The first-order valence-electron chi connectivity index (χ1n) is 6.67. The minimum absolute atomic E-state index is 0.128. The van der Waals surface area contributed by atoms with Gasteiger partial charge in [-0.2, -0.15) is 4.31 Å². The molecule has 1 aliphatic rings. The number of piperazine rings is 1. The van der Waals surface area contributed by atoms with Crippen LogP contribution in [0.25, 0.3) is 0 Å². The van der Waals surface area contributed by atoms with Crippen molar-refractivity contribution in [2.75, 3.05) is 40.3 Å². The lowest BCUT2D eigenvalue weighted by atomic mass is 10.2. The zero-order chi connectivity index (χ0) is 15.6. The number of nitrogens with zero attached hydrogens (tertiary/aromatic N) is 2. The van der Waals surface area contributed by atoms with Crippen LogP contribution in [0.2, 0.25) is 10.0 Å². The largest absolute Gasteiger partial charge is 0.316 e. The van der Waals surface area contributed by atoms with Gasteiger partial charge in [0.2, 0.25) is 10.0 Å². The van der Waals surface area contributed by atoms with E-state index >= 15 is 0 Å². The van der Waals surface area contributed by atoms with Gasteiger partial charge >= 0.3 is 0 Å². The molecule has 1 aromatic carbocycles. The van der Waals surface area contributed by atoms with E-state index in [2.05, 4.69) is 10.2 Å². The highest BCUT2D eigenvalue weighted by Crippen LogP contribution is 2.31. The van der Waals surface area contributed by atoms with E-state index in [1.165, 1.54) is 10.4 Å². The molecule has 1 saturated heterocycles. The lowest BCUT2D eigenvalue weighted by Gasteiger charge is -2.31. The van der Waals surface area contributed by atoms with Gasteiger partial charge in [-0.1, -0.05) is 23.2 Å². The number of likely N-dealkylation sites (N-methyl/N-ethyl adjacent to an activating group) is 1. The van der Waals surface area contributed by atoms with E-state index in [1.807, 2.05) is 7.05 Å². The van der Waals surface area contributed by atoms with E-state index in [1.54, 1.807) is 13.1 Å². The summed E-state index contributed by atoms with van der Waals surface area (Å²) in [5, 5.41) is 3.60. The third kappa shape index (κ3) is 3.70. The third-order valence-corrected chi connectivity index (χ3v) is 6.26. The van der Waals surface area contributed by atoms with Crippen LogP contribution in [-0.4, -0.2) is 57.9 Å². The second kappa shape index (κ2) is 6.81. The van der Waals surface area contributed by atoms with E-state index in [0.717, 1.165) is 5.56 Å². The fraction of sp³-hybridized carbons (Fsp3) is 0.538. The van der Waals surface area contributed by atoms with Crippen molar-refractivity contribution in [1.29, 1.82) is 0 Å². The monoisotopic (exact) mass is 351 g/mol. The van der Waals surface area contributed by atoms with Gasteiger partial charge < -0.3 is 10.2 Å². The van der Waals surface area contributed by atoms with Crippen LogP contribution in [0.4, 0.5) is 0 Å². The average Bonchev–Trinajstić information content (AvgIpc) is 2.42. The van der Waals surface area contributed by atoms with Crippen molar-refractivity contribution < 1.29 is 8.42 Å². The van der Waals surface area contributed by atoms with Gasteiger partial charge in [0.05, 0.1) is 5.02 Å². The topological polar surface area (TPSA) is 52.7 Å². The molecular formula is C13H19Cl2N3O2S. The minimum atomic E-state index is -3.59. The number of nitrogens with one attached hydrogen (secondary N) is 1. The Morgan fingerprint density at radius 1 is 1.14 bits per heavy atom. The molecule has 0 aliphatic carbocycles. The minimum Gasteiger partial charge on any atom is -0.316 e. The predicted octanol–water partition coefficient (Wildman–Crippen LogP) is 1.65. The molecule has 0 spiro atoms. The highest BCUT2D eigenvalue weighted by Gasteiger charge is 2.29. The molecule has 0 radical (unpaired) electrons. The lowest BCUT2D eigenvalue weighted by Crippen LogP contribution is -2.47. The molecule has 2 rings (SSSR count). The first kappa shape index (κ1) is 17.0. The highest BCUT2D eigenvalue weighted by molar-refractivity contribution is 7.89. The fourth-order valence-corrected chi connectivity index (χ4v) is 4.52. The maximum Gasteiger partial charge on any atom is 0.244 e. The maximum absolute atomic E-state index is 12.7. The first-order valence-corrected chi connectivity index (χ1v) is 8.87. The van der Waals surface area contributed by atoms with E-state index < -0.39 is 10.0 Å². The molecule has 5 nitrogen and oxygen atoms in total. The van der Waals surface area contributed by atoms with Crippen LogP contribution in [0.15, 0.2) is 17.0 Å². The molecule has 0 saturated carbocycles. The number of halogens is 2. The third-order valence-electron chi connectivity index (χ3n) is 3.55. The number of hydrogen-bond donors (Lipinski definition) is 1. The molecule has 1 aliphatic heterocycles. The maximum atomic E-state index is 12.7. The van der Waals surface area contributed by atoms with Crippen molar-refractivity contribution in [2.45, 2.75) is 11.4 Å². The summed E-state index contributed by atoms with van der Waals surface area (Å²) >= 11 is 12.2. The fourth-order valence-electron chi connectivity index (χ4n) is 2.26. The molecule has 0 atom stereocenters. The predicted molar refractivity (Wildman–Crippen MR) is 85.5 cm³/mol. The first-order chi connectivity index (χ1) is 9.86. The van der Waals surface area contributed by atoms with Crippen LogP contribution >= 0.6 is 23.2 Å². The smallest absolute Gasteiger partial charge is 0.244 e. The lowest BCUT2D eigenvalue weighted by molar-refractivity contribution is 0.222. The van der Waals surface area contributed by atoms with Crippen molar-refractivity contribution in [3.05, 3.63) is 27.7 Å². The van der Waals surface area contributed by atoms with Gasteiger partial charge in [-0.15, -0.1) is 0 Å². The number of rotatable bonds is 4. The molecule has 118 valence electrons. The van der Waals surface area contributed by atoms with Crippen LogP contribution < -0.4 is 5.32 Å². The highest BCUT2D eigenvalue weighted by atomic mass is 35.5. The van der Waals surface area contributed by atoms with E-state index in [4.69, 9.17) is 23.2 Å². The molecule has 1 N–H and O–H groups in total. The molecule has 1 aromatic rings. The average molecular weight is 352 g/mol. The Balaban J connectivity index is 2.37. The van der Waals surface area contributed by atoms with Gasteiger partial charge in [0, 0.05) is 37.7 Å². The Kier molecular flexibility index (Phi) is 5.51. The van der Waals surface area contributed by atoms with Gasteiger partial charge in [-0.3, -0.25) is 0 Å². The second-order valence-corrected chi connectivity index (χ2v) is 7.83. The molecule has 0 aromatic heterocycles. The molecule has 21 heavy (non-hydrogen) atoms. The summed E-state index contributed by atoms with van der Waals surface area (Å²) in [5.41, 5.74) is 0.719. The summed E-state index contributed by atoms with van der Waals surface area (Å²) in [6.07, 6.45) is 0. The Hall–Kier alpha value is -0.370. The number of sulfonamides is 1. The van der Waals surface area contributed by atoms with Crippen LogP contribution in [-0.2, 0) is 16.6 Å². The quantitative estimate of drug-likeness (QED) is 0.895. The van der Waals surface area contributed by atoms with Crippen LogP contribution in [0.5, 0.6) is 0 Å². The van der Waals surface area contributed by atoms with Crippen molar-refractivity contribution in [1.82, 2.24) is 14.5 Å². The molecule has 1 heterocycles. The molecule has 0 bridgehead atoms. The van der Waals surface area contributed by atoms with Crippen molar-refractivity contribution in [3.8, 4) is 0 Å². The normalized spacial score (nSPS) is 18.1. The van der Waals surface area contributed by atoms with Gasteiger partial charge in [0.15, 0.2) is 0 Å². The van der Waals surface area contributed by atoms with Gasteiger partial charge in [-0.05, 0) is 31.8 Å². The summed E-state index contributed by atoms with van der Waals surface area (Å²) in [5.74, 6) is 0. The van der Waals surface area contributed by atoms with Crippen LogP contribution in [0.3, 0.4) is 0 Å². The summed E-state index contributed by atoms with van der Waals surface area (Å²) < 4.78 is 27.0. The zero-order valence-electron chi connectivity index (χ0n) is 12.1.